The van der Waals surface area contributed by atoms with E-state index < -0.39 is 0 Å². The predicted octanol–water partition coefficient (Wildman–Crippen LogP) is 4.04. The Hall–Kier alpha value is -2.42. The summed E-state index contributed by atoms with van der Waals surface area (Å²) in [5.41, 5.74) is 3.52. The fraction of sp³-hybridized carbons (Fsp3) is 0.167. The molecule has 2 aromatic carbocycles. The smallest absolute Gasteiger partial charge is 0.135 e. The van der Waals surface area contributed by atoms with Crippen molar-refractivity contribution < 1.29 is 4.74 Å². The third-order valence-corrected chi connectivity index (χ3v) is 3.01. The lowest BCUT2D eigenvalue weighted by atomic mass is 10.1. The van der Waals surface area contributed by atoms with Gasteiger partial charge in [0.25, 0.3) is 0 Å². The highest BCUT2D eigenvalue weighted by Crippen LogP contribution is 2.20. The van der Waals surface area contributed by atoms with Gasteiger partial charge in [-0.25, -0.2) is 0 Å². The zero-order valence-corrected chi connectivity index (χ0v) is 12.4. The maximum atomic E-state index is 8.90. The van der Waals surface area contributed by atoms with Gasteiger partial charge >= 0.3 is 0 Å². The van der Waals surface area contributed by atoms with E-state index in [1.807, 2.05) is 43.3 Å². The lowest BCUT2D eigenvalue weighted by molar-refractivity contribution is 0.305. The van der Waals surface area contributed by atoms with Gasteiger partial charge in [-0.1, -0.05) is 30.0 Å². The molecule has 2 rings (SSSR count). The third kappa shape index (κ3) is 4.28. The van der Waals surface area contributed by atoms with Crippen LogP contribution in [0.5, 0.6) is 5.75 Å². The normalized spacial score (nSPS) is 9.38. The van der Waals surface area contributed by atoms with E-state index in [4.69, 9.17) is 21.6 Å². The van der Waals surface area contributed by atoms with Crippen LogP contribution in [-0.2, 0) is 6.61 Å². The van der Waals surface area contributed by atoms with Gasteiger partial charge in [0.1, 0.15) is 12.4 Å². The van der Waals surface area contributed by atoms with Gasteiger partial charge < -0.3 is 4.74 Å². The Bertz CT molecular complexity index is 735. The van der Waals surface area contributed by atoms with Gasteiger partial charge in [-0.2, -0.15) is 5.26 Å². The molecule has 0 heterocycles. The van der Waals surface area contributed by atoms with Crippen molar-refractivity contribution in [2.24, 2.45) is 0 Å². The number of nitriles is 1. The monoisotopic (exact) mass is 295 g/mol. The van der Waals surface area contributed by atoms with Crippen LogP contribution in [0.1, 0.15) is 22.3 Å². The number of benzene rings is 2. The molecule has 0 aliphatic heterocycles. The van der Waals surface area contributed by atoms with Crippen molar-refractivity contribution in [2.45, 2.75) is 13.5 Å². The highest BCUT2D eigenvalue weighted by Gasteiger charge is 2.03. The van der Waals surface area contributed by atoms with E-state index in [2.05, 4.69) is 17.9 Å². The van der Waals surface area contributed by atoms with Gasteiger partial charge in [0, 0.05) is 0 Å². The fourth-order valence-electron chi connectivity index (χ4n) is 1.89. The molecule has 0 unspecified atom stereocenters. The highest BCUT2D eigenvalue weighted by atomic mass is 35.5. The van der Waals surface area contributed by atoms with Gasteiger partial charge in [-0.05, 0) is 42.3 Å². The van der Waals surface area contributed by atoms with Gasteiger partial charge in [-0.3, -0.25) is 0 Å². The van der Waals surface area contributed by atoms with Crippen molar-refractivity contribution in [3.8, 4) is 23.7 Å². The fourth-order valence-corrected chi connectivity index (χ4v) is 1.95. The molecule has 0 atom stereocenters. The summed E-state index contributed by atoms with van der Waals surface area (Å²) in [6.07, 6.45) is 0. The minimum atomic E-state index is 0.289. The third-order valence-electron chi connectivity index (χ3n) is 2.88. The molecule has 2 aromatic rings. The first-order valence-electron chi connectivity index (χ1n) is 6.50. The van der Waals surface area contributed by atoms with E-state index in [1.165, 1.54) is 0 Å². The molecule has 0 fully saturated rings. The SMILES string of the molecule is Cc1ccc(OCc2cccc(C#N)c2)c(C#CCCl)c1. The molecule has 0 aliphatic rings. The average molecular weight is 296 g/mol. The second-order valence-electron chi connectivity index (χ2n) is 4.54. The molecular weight excluding hydrogens is 282 g/mol. The Labute approximate surface area is 129 Å². The summed E-state index contributed by atoms with van der Waals surface area (Å²) in [6, 6.07) is 15.3. The number of ether oxygens (including phenoxy) is 1. The van der Waals surface area contributed by atoms with Gasteiger partial charge in [0.05, 0.1) is 23.1 Å². The summed E-state index contributed by atoms with van der Waals surface area (Å²) in [7, 11) is 0. The Morgan fingerprint density at radius 3 is 2.81 bits per heavy atom. The number of aryl methyl sites for hydroxylation is 1. The Balaban J connectivity index is 2.18. The van der Waals surface area contributed by atoms with Crippen LogP contribution in [0.25, 0.3) is 0 Å². The molecular formula is C18H14ClNO. The number of rotatable bonds is 3. The van der Waals surface area contributed by atoms with Crippen LogP contribution < -0.4 is 4.74 Å². The largest absolute Gasteiger partial charge is 0.488 e. The first kappa shape index (κ1) is 15.0. The number of halogens is 1. The molecule has 2 nitrogen and oxygen atoms in total. The van der Waals surface area contributed by atoms with E-state index in [9.17, 15) is 0 Å². The van der Waals surface area contributed by atoms with Crippen molar-refractivity contribution >= 4 is 11.6 Å². The topological polar surface area (TPSA) is 33.0 Å². The lowest BCUT2D eigenvalue weighted by Gasteiger charge is -2.09. The summed E-state index contributed by atoms with van der Waals surface area (Å²) in [5, 5.41) is 8.90. The van der Waals surface area contributed by atoms with Crippen LogP contribution >= 0.6 is 11.6 Å². The van der Waals surface area contributed by atoms with Crippen LogP contribution in [0.2, 0.25) is 0 Å². The summed E-state index contributed by atoms with van der Waals surface area (Å²) >= 11 is 5.60. The maximum absolute atomic E-state index is 8.90. The first-order chi connectivity index (χ1) is 10.2. The molecule has 0 amide bonds. The average Bonchev–Trinajstić information content (AvgIpc) is 2.52. The summed E-state index contributed by atoms with van der Waals surface area (Å²) in [6.45, 7) is 2.40. The van der Waals surface area contributed by atoms with E-state index >= 15 is 0 Å². The molecule has 21 heavy (non-hydrogen) atoms. The van der Waals surface area contributed by atoms with E-state index in [-0.39, 0.29) is 5.88 Å². The molecule has 0 bridgehead atoms. The molecule has 3 heteroatoms. The Kier molecular flexibility index (Phi) is 5.27. The maximum Gasteiger partial charge on any atom is 0.135 e. The molecule has 0 aliphatic carbocycles. The van der Waals surface area contributed by atoms with Crippen molar-refractivity contribution in [2.75, 3.05) is 5.88 Å². The highest BCUT2D eigenvalue weighted by molar-refractivity contribution is 6.19. The summed E-state index contributed by atoms with van der Waals surface area (Å²) < 4.78 is 5.82. The van der Waals surface area contributed by atoms with Crippen molar-refractivity contribution in [1.29, 1.82) is 5.26 Å². The minimum absolute atomic E-state index is 0.289. The molecule has 0 saturated carbocycles. The Morgan fingerprint density at radius 1 is 1.19 bits per heavy atom. The number of hydrogen-bond acceptors (Lipinski definition) is 2. The second kappa shape index (κ2) is 7.39. The molecule has 0 spiro atoms. The standard InChI is InChI=1S/C18H14ClNO/c1-14-7-8-18(17(10-14)6-3-9-19)21-13-16-5-2-4-15(11-16)12-20/h2,4-5,7-8,10-11H,9,13H2,1H3. The number of alkyl halides is 1. The molecule has 0 saturated heterocycles. The van der Waals surface area contributed by atoms with Crippen LogP contribution in [0.4, 0.5) is 0 Å². The van der Waals surface area contributed by atoms with Gasteiger partial charge in [0.2, 0.25) is 0 Å². The molecule has 104 valence electrons. The number of hydrogen-bond donors (Lipinski definition) is 0. The minimum Gasteiger partial charge on any atom is -0.488 e. The van der Waals surface area contributed by atoms with E-state index in [0.29, 0.717) is 12.2 Å². The van der Waals surface area contributed by atoms with Crippen LogP contribution in [-0.4, -0.2) is 5.88 Å². The van der Waals surface area contributed by atoms with Crippen LogP contribution in [0, 0.1) is 30.1 Å². The number of nitrogens with zero attached hydrogens (tertiary/aromatic N) is 1. The van der Waals surface area contributed by atoms with Crippen LogP contribution in [0.3, 0.4) is 0 Å². The second-order valence-corrected chi connectivity index (χ2v) is 4.80. The predicted molar refractivity (Wildman–Crippen MR) is 84.3 cm³/mol. The molecule has 0 aromatic heterocycles. The van der Waals surface area contributed by atoms with E-state index in [1.54, 1.807) is 6.07 Å². The molecule has 0 N–H and O–H groups in total. The van der Waals surface area contributed by atoms with Gasteiger partial charge in [-0.15, -0.1) is 11.6 Å². The van der Waals surface area contributed by atoms with Crippen LogP contribution in [0.15, 0.2) is 42.5 Å². The van der Waals surface area contributed by atoms with Crippen molar-refractivity contribution in [1.82, 2.24) is 0 Å². The van der Waals surface area contributed by atoms with Crippen molar-refractivity contribution in [3.05, 3.63) is 64.7 Å². The summed E-state index contributed by atoms with van der Waals surface area (Å²) in [4.78, 5) is 0. The molecule has 0 radical (unpaired) electrons. The van der Waals surface area contributed by atoms with Crippen molar-refractivity contribution in [3.63, 3.8) is 0 Å². The summed E-state index contributed by atoms with van der Waals surface area (Å²) in [5.74, 6) is 6.86. The van der Waals surface area contributed by atoms with E-state index in [0.717, 1.165) is 22.4 Å². The zero-order chi connectivity index (χ0) is 15.1. The quantitative estimate of drug-likeness (QED) is 0.632. The first-order valence-corrected chi connectivity index (χ1v) is 7.03. The zero-order valence-electron chi connectivity index (χ0n) is 11.7. The Morgan fingerprint density at radius 2 is 2.05 bits per heavy atom. The van der Waals surface area contributed by atoms with Gasteiger partial charge in [0.15, 0.2) is 0 Å². The lowest BCUT2D eigenvalue weighted by Crippen LogP contribution is -1.98.